The van der Waals surface area contributed by atoms with Gasteiger partial charge in [0.1, 0.15) is 0 Å². The molecule has 0 aliphatic carbocycles. The average molecular weight is 296 g/mol. The van der Waals surface area contributed by atoms with Crippen LogP contribution >= 0.6 is 11.8 Å². The first kappa shape index (κ1) is 15.4. The van der Waals surface area contributed by atoms with Crippen LogP contribution in [0.25, 0.3) is 0 Å². The third kappa shape index (κ3) is 3.79. The Morgan fingerprint density at radius 3 is 3.00 bits per heavy atom. The highest BCUT2D eigenvalue weighted by Crippen LogP contribution is 2.35. The van der Waals surface area contributed by atoms with Crippen molar-refractivity contribution in [3.63, 3.8) is 0 Å². The number of nitrogens with zero attached hydrogens (tertiary/aromatic N) is 1. The molecule has 20 heavy (non-hydrogen) atoms. The van der Waals surface area contributed by atoms with Gasteiger partial charge in [-0.1, -0.05) is 13.8 Å². The van der Waals surface area contributed by atoms with Crippen molar-refractivity contribution in [2.24, 2.45) is 5.41 Å². The van der Waals surface area contributed by atoms with E-state index in [0.717, 1.165) is 11.4 Å². The Kier molecular flexibility index (Phi) is 5.16. The minimum atomic E-state index is 0.0184. The molecule has 1 unspecified atom stereocenters. The van der Waals surface area contributed by atoms with Crippen LogP contribution in [-0.4, -0.2) is 35.8 Å². The Balaban J connectivity index is 2.10. The van der Waals surface area contributed by atoms with E-state index in [1.807, 2.05) is 24.0 Å². The van der Waals surface area contributed by atoms with Gasteiger partial charge in [-0.3, -0.25) is 4.79 Å². The molecule has 0 aromatic carbocycles. The second-order valence-electron chi connectivity index (χ2n) is 5.95. The molecule has 4 nitrogen and oxygen atoms in total. The van der Waals surface area contributed by atoms with Crippen LogP contribution in [0.4, 0.5) is 5.69 Å². The second-order valence-corrected chi connectivity index (χ2v) is 7.10. The fourth-order valence-electron chi connectivity index (χ4n) is 2.36. The van der Waals surface area contributed by atoms with Gasteiger partial charge in [-0.25, -0.2) is 0 Å². The van der Waals surface area contributed by atoms with Crippen molar-refractivity contribution in [2.75, 3.05) is 30.5 Å². The maximum Gasteiger partial charge on any atom is 0.250 e. The summed E-state index contributed by atoms with van der Waals surface area (Å²) in [5.74, 6) is 2.35. The van der Waals surface area contributed by atoms with Crippen molar-refractivity contribution < 1.29 is 4.74 Å². The molecule has 1 saturated heterocycles. The number of hydrogen-bond acceptors (Lipinski definition) is 4. The van der Waals surface area contributed by atoms with Crippen LogP contribution in [0.1, 0.15) is 20.3 Å². The molecule has 2 rings (SSSR count). The molecule has 1 aromatic heterocycles. The van der Waals surface area contributed by atoms with Crippen molar-refractivity contribution in [2.45, 2.75) is 32.9 Å². The smallest absolute Gasteiger partial charge is 0.250 e. The van der Waals surface area contributed by atoms with Crippen molar-refractivity contribution in [1.29, 1.82) is 0 Å². The van der Waals surface area contributed by atoms with Gasteiger partial charge in [0, 0.05) is 37.7 Å². The summed E-state index contributed by atoms with van der Waals surface area (Å²) in [7, 11) is 1.65. The predicted molar refractivity (Wildman–Crippen MR) is 85.7 cm³/mol. The topological polar surface area (TPSA) is 43.3 Å². The van der Waals surface area contributed by atoms with Crippen LogP contribution in [0, 0.1) is 5.41 Å². The lowest BCUT2D eigenvalue weighted by Crippen LogP contribution is -2.41. The van der Waals surface area contributed by atoms with E-state index in [-0.39, 0.29) is 5.56 Å². The molecule has 0 bridgehead atoms. The van der Waals surface area contributed by atoms with Gasteiger partial charge in [0.15, 0.2) is 0 Å². The molecule has 1 atom stereocenters. The summed E-state index contributed by atoms with van der Waals surface area (Å²) in [5, 5.41) is 3.59. The predicted octanol–water partition coefficient (Wildman–Crippen LogP) is 2.44. The number of hydrogen-bond donors (Lipinski definition) is 1. The summed E-state index contributed by atoms with van der Waals surface area (Å²) >= 11 is 1.99. The molecule has 1 fully saturated rings. The van der Waals surface area contributed by atoms with Gasteiger partial charge in [0.05, 0.1) is 12.3 Å². The van der Waals surface area contributed by atoms with Crippen LogP contribution < -0.4 is 10.9 Å². The van der Waals surface area contributed by atoms with Gasteiger partial charge >= 0.3 is 0 Å². The summed E-state index contributed by atoms with van der Waals surface area (Å²) in [4.78, 5) is 11.8. The van der Waals surface area contributed by atoms with E-state index in [0.29, 0.717) is 24.6 Å². The third-order valence-corrected chi connectivity index (χ3v) is 5.04. The standard InChI is InChI=1S/C15H24N2O2S/c1-15(2)6-9-20-11-13(15)16-12-4-5-14(18)17(10-12)7-8-19-3/h4-5,10,13,16H,6-9,11H2,1-3H3. The van der Waals surface area contributed by atoms with Crippen molar-refractivity contribution in [3.05, 3.63) is 28.7 Å². The van der Waals surface area contributed by atoms with Crippen LogP contribution in [0.2, 0.25) is 0 Å². The maximum absolute atomic E-state index is 11.8. The summed E-state index contributed by atoms with van der Waals surface area (Å²) in [6, 6.07) is 3.94. The SMILES string of the molecule is COCCn1cc(NC2CSCCC2(C)C)ccc1=O. The molecule has 0 saturated carbocycles. The van der Waals surface area contributed by atoms with Gasteiger partial charge in [-0.15, -0.1) is 0 Å². The number of rotatable bonds is 5. The molecular formula is C15H24N2O2S. The highest BCUT2D eigenvalue weighted by atomic mass is 32.2. The van der Waals surface area contributed by atoms with E-state index in [1.54, 1.807) is 17.7 Å². The van der Waals surface area contributed by atoms with Crippen LogP contribution in [0.15, 0.2) is 23.1 Å². The van der Waals surface area contributed by atoms with Crippen molar-refractivity contribution in [3.8, 4) is 0 Å². The first-order valence-corrected chi connectivity index (χ1v) is 8.22. The van der Waals surface area contributed by atoms with E-state index in [1.165, 1.54) is 12.2 Å². The summed E-state index contributed by atoms with van der Waals surface area (Å²) < 4.78 is 6.74. The molecule has 2 heterocycles. The molecule has 0 amide bonds. The summed E-state index contributed by atoms with van der Waals surface area (Å²) in [5.41, 5.74) is 1.32. The fourth-order valence-corrected chi connectivity index (χ4v) is 3.96. The number of thioether (sulfide) groups is 1. The van der Waals surface area contributed by atoms with Gasteiger partial charge in [0.25, 0.3) is 5.56 Å². The molecule has 0 radical (unpaired) electrons. The number of aromatic nitrogens is 1. The molecule has 1 aliphatic rings. The maximum atomic E-state index is 11.8. The molecule has 1 N–H and O–H groups in total. The van der Waals surface area contributed by atoms with Crippen LogP contribution in [0.3, 0.4) is 0 Å². The van der Waals surface area contributed by atoms with Crippen molar-refractivity contribution >= 4 is 17.4 Å². The molecule has 112 valence electrons. The highest BCUT2D eigenvalue weighted by Gasteiger charge is 2.32. The number of methoxy groups -OCH3 is 1. The molecule has 0 spiro atoms. The van der Waals surface area contributed by atoms with Crippen LogP contribution in [-0.2, 0) is 11.3 Å². The zero-order valence-electron chi connectivity index (χ0n) is 12.5. The Morgan fingerprint density at radius 1 is 1.50 bits per heavy atom. The Bertz CT molecular complexity index is 499. The van der Waals surface area contributed by atoms with E-state index in [4.69, 9.17) is 4.74 Å². The molecule has 5 heteroatoms. The first-order chi connectivity index (χ1) is 9.53. The van der Waals surface area contributed by atoms with Gasteiger partial charge in [-0.2, -0.15) is 11.8 Å². The molecular weight excluding hydrogens is 272 g/mol. The Labute approximate surface area is 124 Å². The van der Waals surface area contributed by atoms with E-state index in [2.05, 4.69) is 19.2 Å². The van der Waals surface area contributed by atoms with Gasteiger partial charge in [-0.05, 0) is 23.7 Å². The van der Waals surface area contributed by atoms with Gasteiger partial charge < -0.3 is 14.6 Å². The Morgan fingerprint density at radius 2 is 2.30 bits per heavy atom. The summed E-state index contributed by atoms with van der Waals surface area (Å²) in [6.45, 7) is 5.76. The van der Waals surface area contributed by atoms with E-state index in [9.17, 15) is 4.79 Å². The minimum Gasteiger partial charge on any atom is -0.383 e. The van der Waals surface area contributed by atoms with E-state index < -0.39 is 0 Å². The third-order valence-electron chi connectivity index (χ3n) is 3.98. The normalized spacial score (nSPS) is 21.6. The summed E-state index contributed by atoms with van der Waals surface area (Å²) in [6.07, 6.45) is 3.12. The minimum absolute atomic E-state index is 0.0184. The van der Waals surface area contributed by atoms with E-state index >= 15 is 0 Å². The number of anilines is 1. The Hall–Kier alpha value is -0.940. The van der Waals surface area contributed by atoms with Crippen molar-refractivity contribution in [1.82, 2.24) is 4.57 Å². The quantitative estimate of drug-likeness (QED) is 0.906. The average Bonchev–Trinajstić information content (AvgIpc) is 2.41. The monoisotopic (exact) mass is 296 g/mol. The number of ether oxygens (including phenoxy) is 1. The highest BCUT2D eigenvalue weighted by molar-refractivity contribution is 7.99. The molecule has 1 aromatic rings. The zero-order valence-corrected chi connectivity index (χ0v) is 13.3. The largest absolute Gasteiger partial charge is 0.383 e. The zero-order chi connectivity index (χ0) is 14.6. The lowest BCUT2D eigenvalue weighted by atomic mass is 9.82. The lowest BCUT2D eigenvalue weighted by molar-refractivity contribution is 0.186. The number of nitrogens with one attached hydrogen (secondary N) is 1. The number of pyridine rings is 1. The lowest BCUT2D eigenvalue weighted by Gasteiger charge is -2.39. The second kappa shape index (κ2) is 6.68. The first-order valence-electron chi connectivity index (χ1n) is 7.06. The van der Waals surface area contributed by atoms with Gasteiger partial charge in [0.2, 0.25) is 0 Å². The van der Waals surface area contributed by atoms with Crippen LogP contribution in [0.5, 0.6) is 0 Å². The fraction of sp³-hybridized carbons (Fsp3) is 0.667. The molecule has 1 aliphatic heterocycles.